The van der Waals surface area contributed by atoms with Crippen LogP contribution in [0.25, 0.3) is 0 Å². The minimum Gasteiger partial charge on any atom is -0.447 e. The fourth-order valence-electron chi connectivity index (χ4n) is 3.36. The van der Waals surface area contributed by atoms with Crippen LogP contribution in [0.3, 0.4) is 0 Å². The lowest BCUT2D eigenvalue weighted by Crippen LogP contribution is -2.51. The van der Waals surface area contributed by atoms with E-state index in [1.807, 2.05) is 4.90 Å². The molecule has 2 saturated heterocycles. The number of benzene rings is 1. The second kappa shape index (κ2) is 5.00. The van der Waals surface area contributed by atoms with E-state index in [4.69, 9.17) is 9.47 Å². The molecule has 5 heteroatoms. The first-order chi connectivity index (χ1) is 10.2. The van der Waals surface area contributed by atoms with E-state index in [9.17, 15) is 4.79 Å². The van der Waals surface area contributed by atoms with E-state index < -0.39 is 0 Å². The summed E-state index contributed by atoms with van der Waals surface area (Å²) in [5.74, 6) is 0. The van der Waals surface area contributed by atoms with E-state index in [-0.39, 0.29) is 12.1 Å². The first-order valence-electron chi connectivity index (χ1n) is 7.59. The van der Waals surface area contributed by atoms with Gasteiger partial charge in [0, 0.05) is 13.1 Å². The van der Waals surface area contributed by atoms with Crippen LogP contribution >= 0.6 is 0 Å². The molecule has 112 valence electrons. The number of ether oxygens (including phenoxy) is 2. The highest BCUT2D eigenvalue weighted by atomic mass is 16.6. The molecule has 5 nitrogen and oxygen atoms in total. The van der Waals surface area contributed by atoms with Crippen molar-refractivity contribution < 1.29 is 14.3 Å². The Morgan fingerprint density at radius 1 is 1.19 bits per heavy atom. The molecule has 1 aromatic carbocycles. The molecular formula is C16H20N2O3. The van der Waals surface area contributed by atoms with Gasteiger partial charge in [-0.15, -0.1) is 0 Å². The summed E-state index contributed by atoms with van der Waals surface area (Å²) in [7, 11) is 0. The predicted molar refractivity (Wildman–Crippen MR) is 78.4 cm³/mol. The molecule has 0 N–H and O–H groups in total. The number of amides is 1. The molecule has 0 unspecified atom stereocenters. The lowest BCUT2D eigenvalue weighted by atomic mass is 10.0. The van der Waals surface area contributed by atoms with Crippen molar-refractivity contribution in [2.45, 2.75) is 32.0 Å². The molecule has 1 atom stereocenters. The number of hydrogen-bond donors (Lipinski definition) is 0. The topological polar surface area (TPSA) is 42.0 Å². The van der Waals surface area contributed by atoms with Gasteiger partial charge in [0.15, 0.2) is 0 Å². The zero-order valence-corrected chi connectivity index (χ0v) is 12.2. The number of nitrogens with zero attached hydrogens (tertiary/aromatic N) is 2. The zero-order chi connectivity index (χ0) is 14.4. The van der Waals surface area contributed by atoms with Gasteiger partial charge < -0.3 is 9.47 Å². The van der Waals surface area contributed by atoms with E-state index in [1.165, 1.54) is 11.1 Å². The van der Waals surface area contributed by atoms with E-state index >= 15 is 0 Å². The molecule has 0 aromatic heterocycles. The summed E-state index contributed by atoms with van der Waals surface area (Å²) in [6.07, 6.45) is 0.752. The van der Waals surface area contributed by atoms with Crippen molar-refractivity contribution in [1.82, 2.24) is 4.90 Å². The van der Waals surface area contributed by atoms with Crippen LogP contribution in [0.2, 0.25) is 0 Å². The molecule has 0 aliphatic carbocycles. The van der Waals surface area contributed by atoms with Gasteiger partial charge in [-0.25, -0.2) is 4.79 Å². The van der Waals surface area contributed by atoms with Gasteiger partial charge in [-0.2, -0.15) is 0 Å². The lowest BCUT2D eigenvalue weighted by Gasteiger charge is -2.40. The Morgan fingerprint density at radius 3 is 2.81 bits per heavy atom. The maximum absolute atomic E-state index is 12.1. The molecule has 1 aromatic rings. The molecule has 3 aliphatic rings. The summed E-state index contributed by atoms with van der Waals surface area (Å²) in [5.41, 5.74) is 3.40. The number of cyclic esters (lactones) is 1. The predicted octanol–water partition coefficient (Wildman–Crippen LogP) is 1.92. The summed E-state index contributed by atoms with van der Waals surface area (Å²) < 4.78 is 10.6. The van der Waals surface area contributed by atoms with Gasteiger partial charge in [0.1, 0.15) is 6.61 Å². The highest BCUT2D eigenvalue weighted by Crippen LogP contribution is 2.33. The van der Waals surface area contributed by atoms with Crippen LogP contribution in [-0.4, -0.2) is 49.4 Å². The van der Waals surface area contributed by atoms with Crippen molar-refractivity contribution in [3.05, 3.63) is 29.3 Å². The Morgan fingerprint density at radius 2 is 2.05 bits per heavy atom. The molecule has 0 spiro atoms. The maximum atomic E-state index is 12.1. The number of fused-ring (bicyclic) bond motifs is 3. The van der Waals surface area contributed by atoms with Crippen LogP contribution in [-0.2, 0) is 16.0 Å². The Bertz CT molecular complexity index is 571. The first-order valence-corrected chi connectivity index (χ1v) is 7.59. The van der Waals surface area contributed by atoms with E-state index in [2.05, 4.69) is 30.0 Å². The Hall–Kier alpha value is -1.59. The summed E-state index contributed by atoms with van der Waals surface area (Å²) in [5, 5.41) is 0. The molecular weight excluding hydrogens is 268 g/mol. The monoisotopic (exact) mass is 288 g/mol. The van der Waals surface area contributed by atoms with Crippen LogP contribution in [0.5, 0.6) is 0 Å². The van der Waals surface area contributed by atoms with E-state index in [0.29, 0.717) is 12.6 Å². The van der Waals surface area contributed by atoms with Crippen LogP contribution in [0.15, 0.2) is 18.2 Å². The standard InChI is InChI=1S/C16H20N2O3/c1-11-2-3-12-7-17(14-8-20-9-14)5-4-13-10-21-16(19)18(13)15(12)6-11/h2-3,6,13-14H,4-5,7-10H2,1H3/t13-/m0/s1. The summed E-state index contributed by atoms with van der Waals surface area (Å²) in [6, 6.07) is 7.04. The number of anilines is 1. The fourth-order valence-corrected chi connectivity index (χ4v) is 3.36. The highest BCUT2D eigenvalue weighted by Gasteiger charge is 2.38. The average Bonchev–Trinajstić information content (AvgIpc) is 2.74. The summed E-state index contributed by atoms with van der Waals surface area (Å²) in [4.78, 5) is 16.4. The molecule has 0 radical (unpaired) electrons. The largest absolute Gasteiger partial charge is 0.447 e. The fraction of sp³-hybridized carbons (Fsp3) is 0.562. The smallest absolute Gasteiger partial charge is 0.414 e. The lowest BCUT2D eigenvalue weighted by molar-refractivity contribution is -0.0689. The van der Waals surface area contributed by atoms with Crippen molar-refractivity contribution in [2.75, 3.05) is 31.3 Å². The maximum Gasteiger partial charge on any atom is 0.414 e. The van der Waals surface area contributed by atoms with Gasteiger partial charge in [-0.3, -0.25) is 9.80 Å². The van der Waals surface area contributed by atoms with Crippen molar-refractivity contribution in [3.63, 3.8) is 0 Å². The van der Waals surface area contributed by atoms with Crippen LogP contribution < -0.4 is 4.90 Å². The van der Waals surface area contributed by atoms with E-state index in [1.54, 1.807) is 0 Å². The van der Waals surface area contributed by atoms with Gasteiger partial charge in [0.25, 0.3) is 0 Å². The molecule has 1 amide bonds. The molecule has 0 saturated carbocycles. The van der Waals surface area contributed by atoms with E-state index in [0.717, 1.165) is 38.4 Å². The Labute approximate surface area is 124 Å². The van der Waals surface area contributed by atoms with Gasteiger partial charge in [-0.05, 0) is 30.5 Å². The third-order valence-electron chi connectivity index (χ3n) is 4.72. The van der Waals surface area contributed by atoms with Gasteiger partial charge in [-0.1, -0.05) is 12.1 Å². The Kier molecular flexibility index (Phi) is 3.12. The van der Waals surface area contributed by atoms with Gasteiger partial charge in [0.05, 0.1) is 31.0 Å². The number of aryl methyl sites for hydroxylation is 1. The minimum absolute atomic E-state index is 0.154. The normalized spacial score (nSPS) is 26.4. The minimum atomic E-state index is -0.202. The third-order valence-corrected chi connectivity index (χ3v) is 4.72. The van der Waals surface area contributed by atoms with Crippen LogP contribution in [0, 0.1) is 6.92 Å². The molecule has 2 fully saturated rings. The number of rotatable bonds is 1. The third kappa shape index (κ3) is 2.21. The Balaban J connectivity index is 1.73. The second-order valence-corrected chi connectivity index (χ2v) is 6.18. The number of hydrogen-bond acceptors (Lipinski definition) is 4. The van der Waals surface area contributed by atoms with Crippen LogP contribution in [0.1, 0.15) is 17.5 Å². The zero-order valence-electron chi connectivity index (χ0n) is 12.2. The quantitative estimate of drug-likeness (QED) is 0.792. The summed E-state index contributed by atoms with van der Waals surface area (Å²) in [6.45, 7) is 6.07. The van der Waals surface area contributed by atoms with Crippen molar-refractivity contribution in [1.29, 1.82) is 0 Å². The molecule has 3 heterocycles. The van der Waals surface area contributed by atoms with Crippen LogP contribution in [0.4, 0.5) is 10.5 Å². The SMILES string of the molecule is Cc1ccc2c(c1)N1C(=O)OC[C@@H]1CCN(C1COC1)C2. The van der Waals surface area contributed by atoms with Crippen molar-refractivity contribution in [2.24, 2.45) is 0 Å². The summed E-state index contributed by atoms with van der Waals surface area (Å²) >= 11 is 0. The molecule has 3 aliphatic heterocycles. The second-order valence-electron chi connectivity index (χ2n) is 6.18. The van der Waals surface area contributed by atoms with Crippen molar-refractivity contribution >= 4 is 11.8 Å². The molecule has 0 bridgehead atoms. The highest BCUT2D eigenvalue weighted by molar-refractivity contribution is 5.91. The average molecular weight is 288 g/mol. The first kappa shape index (κ1) is 13.1. The number of carbonyl (C=O) groups excluding carboxylic acids is 1. The molecule has 4 rings (SSSR count). The molecule has 21 heavy (non-hydrogen) atoms. The number of carbonyl (C=O) groups is 1. The van der Waals surface area contributed by atoms with Crippen molar-refractivity contribution in [3.8, 4) is 0 Å². The van der Waals surface area contributed by atoms with Gasteiger partial charge >= 0.3 is 6.09 Å². The van der Waals surface area contributed by atoms with Gasteiger partial charge in [0.2, 0.25) is 0 Å².